The van der Waals surface area contributed by atoms with Gasteiger partial charge in [-0.25, -0.2) is 0 Å². The summed E-state index contributed by atoms with van der Waals surface area (Å²) in [5, 5.41) is 16.4. The topological polar surface area (TPSA) is 56.7 Å². The number of halogens is 1. The Morgan fingerprint density at radius 1 is 1.19 bits per heavy atom. The first-order chi connectivity index (χ1) is 9.40. The Kier molecular flexibility index (Phi) is 10.6. The van der Waals surface area contributed by atoms with Gasteiger partial charge >= 0.3 is 0 Å². The Morgan fingerprint density at radius 2 is 1.81 bits per heavy atom. The minimum atomic E-state index is -0.0978. The van der Waals surface area contributed by atoms with Crippen LogP contribution in [-0.2, 0) is 0 Å². The molecule has 5 heteroatoms. The number of hydrogen-bond donors (Lipinski definition) is 3. The Morgan fingerprint density at radius 3 is 2.33 bits per heavy atom. The molecule has 0 aromatic carbocycles. The predicted octanol–water partition coefficient (Wildman–Crippen LogP) is 3.29. The molecule has 0 aromatic rings. The maximum Gasteiger partial charge on any atom is 0.191 e. The Hall–Kier alpha value is -0.0400. The van der Waals surface area contributed by atoms with E-state index in [2.05, 4.69) is 43.3 Å². The predicted molar refractivity (Wildman–Crippen MR) is 101 cm³/mol. The lowest BCUT2D eigenvalue weighted by molar-refractivity contribution is 0.120. The van der Waals surface area contributed by atoms with Crippen molar-refractivity contribution < 1.29 is 5.11 Å². The van der Waals surface area contributed by atoms with Gasteiger partial charge < -0.3 is 15.7 Å². The smallest absolute Gasteiger partial charge is 0.191 e. The summed E-state index contributed by atoms with van der Waals surface area (Å²) in [6, 6.07) is 0.457. The molecule has 0 amide bonds. The Labute approximate surface area is 147 Å². The fourth-order valence-electron chi connectivity index (χ4n) is 2.53. The lowest BCUT2D eigenvalue weighted by Crippen LogP contribution is -2.45. The van der Waals surface area contributed by atoms with Gasteiger partial charge in [0, 0.05) is 19.1 Å². The SMILES string of the molecule is CCNC(=NCCCC(C)(C)C)NC1CCC(O)CC1.I. The van der Waals surface area contributed by atoms with Crippen molar-refractivity contribution in [3.05, 3.63) is 0 Å². The standard InChI is InChI=1S/C16H33N3O.HI/c1-5-17-15(18-12-6-11-16(2,3)4)19-13-7-9-14(20)10-8-13;/h13-14,20H,5-12H2,1-4H3,(H2,17,18,19);1H. The van der Waals surface area contributed by atoms with Gasteiger partial charge in [0.05, 0.1) is 6.10 Å². The number of nitrogens with zero attached hydrogens (tertiary/aromatic N) is 1. The maximum absolute atomic E-state index is 9.54. The van der Waals surface area contributed by atoms with Gasteiger partial charge in [0.2, 0.25) is 0 Å². The van der Waals surface area contributed by atoms with E-state index in [1.807, 2.05) is 0 Å². The molecule has 0 atom stereocenters. The third-order valence-corrected chi connectivity index (χ3v) is 3.74. The van der Waals surface area contributed by atoms with Crippen LogP contribution in [0.15, 0.2) is 4.99 Å². The number of guanidine groups is 1. The highest BCUT2D eigenvalue weighted by Crippen LogP contribution is 2.20. The fraction of sp³-hybridized carbons (Fsp3) is 0.938. The van der Waals surface area contributed by atoms with Crippen LogP contribution in [0.5, 0.6) is 0 Å². The molecule has 4 nitrogen and oxygen atoms in total. The molecule has 0 aliphatic heterocycles. The third kappa shape index (κ3) is 10.3. The number of aliphatic hydroxyl groups excluding tert-OH is 1. The van der Waals surface area contributed by atoms with Gasteiger partial charge in [-0.2, -0.15) is 0 Å². The highest BCUT2D eigenvalue weighted by atomic mass is 127. The second kappa shape index (κ2) is 10.6. The quantitative estimate of drug-likeness (QED) is 0.282. The van der Waals surface area contributed by atoms with E-state index >= 15 is 0 Å². The summed E-state index contributed by atoms with van der Waals surface area (Å²) in [7, 11) is 0. The summed E-state index contributed by atoms with van der Waals surface area (Å²) in [6.45, 7) is 10.7. The minimum absolute atomic E-state index is 0. The molecule has 0 saturated heterocycles. The molecule has 1 fully saturated rings. The Balaban J connectivity index is 0.00000400. The molecule has 126 valence electrons. The monoisotopic (exact) mass is 411 g/mol. The van der Waals surface area contributed by atoms with Crippen LogP contribution in [0.25, 0.3) is 0 Å². The number of aliphatic imine (C=N–C) groups is 1. The molecule has 1 aliphatic rings. The average Bonchev–Trinajstić information content (AvgIpc) is 2.36. The summed E-state index contributed by atoms with van der Waals surface area (Å²) in [4.78, 5) is 4.66. The van der Waals surface area contributed by atoms with Crippen molar-refractivity contribution >= 4 is 29.9 Å². The average molecular weight is 411 g/mol. The van der Waals surface area contributed by atoms with Crippen molar-refractivity contribution in [2.45, 2.75) is 78.4 Å². The number of rotatable bonds is 5. The van der Waals surface area contributed by atoms with E-state index in [1.54, 1.807) is 0 Å². The van der Waals surface area contributed by atoms with Gasteiger partial charge in [0.1, 0.15) is 0 Å². The van der Waals surface area contributed by atoms with Crippen LogP contribution in [0, 0.1) is 5.41 Å². The summed E-state index contributed by atoms with van der Waals surface area (Å²) < 4.78 is 0. The molecule has 1 rings (SSSR count). The van der Waals surface area contributed by atoms with E-state index in [-0.39, 0.29) is 30.1 Å². The van der Waals surface area contributed by atoms with E-state index in [0.29, 0.717) is 11.5 Å². The normalized spacial score (nSPS) is 23.4. The van der Waals surface area contributed by atoms with Crippen molar-refractivity contribution in [1.82, 2.24) is 10.6 Å². The van der Waals surface area contributed by atoms with E-state index in [4.69, 9.17) is 0 Å². The summed E-state index contributed by atoms with van der Waals surface area (Å²) >= 11 is 0. The molecule has 0 spiro atoms. The first kappa shape index (κ1) is 21.0. The largest absolute Gasteiger partial charge is 0.393 e. The molecule has 0 heterocycles. The van der Waals surface area contributed by atoms with Crippen LogP contribution < -0.4 is 10.6 Å². The second-order valence-electron chi connectivity index (χ2n) is 7.07. The number of nitrogens with one attached hydrogen (secondary N) is 2. The summed E-state index contributed by atoms with van der Waals surface area (Å²) in [6.07, 6.45) is 6.11. The van der Waals surface area contributed by atoms with Gasteiger partial charge in [0.15, 0.2) is 5.96 Å². The van der Waals surface area contributed by atoms with E-state index in [1.165, 1.54) is 6.42 Å². The van der Waals surface area contributed by atoms with Gasteiger partial charge in [-0.15, -0.1) is 24.0 Å². The van der Waals surface area contributed by atoms with E-state index in [9.17, 15) is 5.11 Å². The lowest BCUT2D eigenvalue weighted by atomic mass is 9.91. The van der Waals surface area contributed by atoms with Gasteiger partial charge in [0.25, 0.3) is 0 Å². The first-order valence-electron chi connectivity index (χ1n) is 8.13. The van der Waals surface area contributed by atoms with Crippen LogP contribution in [0.3, 0.4) is 0 Å². The molecule has 3 N–H and O–H groups in total. The fourth-order valence-corrected chi connectivity index (χ4v) is 2.53. The summed E-state index contributed by atoms with van der Waals surface area (Å²) in [5.41, 5.74) is 0.390. The lowest BCUT2D eigenvalue weighted by Gasteiger charge is -2.27. The third-order valence-electron chi connectivity index (χ3n) is 3.74. The molecule has 0 aromatic heterocycles. The molecule has 1 saturated carbocycles. The molecule has 0 unspecified atom stereocenters. The van der Waals surface area contributed by atoms with Gasteiger partial charge in [-0.05, 0) is 50.9 Å². The second-order valence-corrected chi connectivity index (χ2v) is 7.07. The van der Waals surface area contributed by atoms with Crippen molar-refractivity contribution in [3.8, 4) is 0 Å². The highest BCUT2D eigenvalue weighted by Gasteiger charge is 2.19. The molecular weight excluding hydrogens is 377 g/mol. The highest BCUT2D eigenvalue weighted by molar-refractivity contribution is 14.0. The van der Waals surface area contributed by atoms with Gasteiger partial charge in [-0.1, -0.05) is 20.8 Å². The molecule has 21 heavy (non-hydrogen) atoms. The molecular formula is C16H34IN3O. The zero-order chi connectivity index (χ0) is 15.0. The van der Waals surface area contributed by atoms with E-state index < -0.39 is 0 Å². The van der Waals surface area contributed by atoms with Crippen LogP contribution in [-0.4, -0.2) is 36.3 Å². The minimum Gasteiger partial charge on any atom is -0.393 e. The van der Waals surface area contributed by atoms with Gasteiger partial charge in [-0.3, -0.25) is 4.99 Å². The number of aliphatic hydroxyl groups is 1. The van der Waals surface area contributed by atoms with Crippen molar-refractivity contribution in [2.75, 3.05) is 13.1 Å². The summed E-state index contributed by atoms with van der Waals surface area (Å²) in [5.74, 6) is 0.933. The molecule has 0 bridgehead atoms. The van der Waals surface area contributed by atoms with E-state index in [0.717, 1.165) is 51.2 Å². The van der Waals surface area contributed by atoms with Crippen molar-refractivity contribution in [3.63, 3.8) is 0 Å². The van der Waals surface area contributed by atoms with Crippen LogP contribution >= 0.6 is 24.0 Å². The number of hydrogen-bond acceptors (Lipinski definition) is 2. The van der Waals surface area contributed by atoms with Crippen molar-refractivity contribution in [1.29, 1.82) is 0 Å². The first-order valence-corrected chi connectivity index (χ1v) is 8.13. The van der Waals surface area contributed by atoms with Crippen LogP contribution in [0.1, 0.15) is 66.2 Å². The van der Waals surface area contributed by atoms with Crippen molar-refractivity contribution in [2.24, 2.45) is 10.4 Å². The Bertz CT molecular complexity index is 294. The van der Waals surface area contributed by atoms with Crippen LogP contribution in [0.2, 0.25) is 0 Å². The van der Waals surface area contributed by atoms with Crippen LogP contribution in [0.4, 0.5) is 0 Å². The molecule has 1 aliphatic carbocycles. The zero-order valence-electron chi connectivity index (χ0n) is 14.1. The maximum atomic E-state index is 9.54. The zero-order valence-corrected chi connectivity index (χ0v) is 16.4. The molecule has 0 radical (unpaired) electrons.